The molecule has 2 aromatic carbocycles. The predicted molar refractivity (Wildman–Crippen MR) is 74.9 cm³/mol. The first-order valence-electron chi connectivity index (χ1n) is 5.47. The van der Waals surface area contributed by atoms with Gasteiger partial charge in [0.05, 0.1) is 27.4 Å². The van der Waals surface area contributed by atoms with Gasteiger partial charge in [0.15, 0.2) is 0 Å². The Balaban J connectivity index is 2.17. The third kappa shape index (κ3) is 3.37. The molecule has 19 heavy (non-hydrogen) atoms. The minimum Gasteiger partial charge on any atom is -0.380 e. The Morgan fingerprint density at radius 2 is 2.00 bits per heavy atom. The number of anilines is 1. The number of benzene rings is 2. The molecular formula is C14H9Cl2FN2. The van der Waals surface area contributed by atoms with Gasteiger partial charge in [0.25, 0.3) is 0 Å². The van der Waals surface area contributed by atoms with Crippen molar-refractivity contribution in [2.75, 3.05) is 5.32 Å². The molecule has 1 N–H and O–H groups in total. The van der Waals surface area contributed by atoms with Crippen LogP contribution in [0.25, 0.3) is 0 Å². The van der Waals surface area contributed by atoms with Crippen LogP contribution in [0.4, 0.5) is 10.1 Å². The predicted octanol–water partition coefficient (Wildman–Crippen LogP) is 4.62. The topological polar surface area (TPSA) is 35.8 Å². The summed E-state index contributed by atoms with van der Waals surface area (Å²) in [5, 5.41) is 12.7. The van der Waals surface area contributed by atoms with Gasteiger partial charge < -0.3 is 5.32 Å². The molecule has 2 rings (SSSR count). The molecular weight excluding hydrogens is 286 g/mol. The molecule has 0 heterocycles. The largest absolute Gasteiger partial charge is 0.380 e. The van der Waals surface area contributed by atoms with Crippen LogP contribution < -0.4 is 5.32 Å². The van der Waals surface area contributed by atoms with Crippen molar-refractivity contribution >= 4 is 28.9 Å². The smallest absolute Gasteiger partial charge is 0.124 e. The number of nitriles is 1. The summed E-state index contributed by atoms with van der Waals surface area (Å²) >= 11 is 11.9. The Morgan fingerprint density at radius 1 is 1.21 bits per heavy atom. The Kier molecular flexibility index (Phi) is 4.26. The van der Waals surface area contributed by atoms with Crippen molar-refractivity contribution in [3.05, 3.63) is 63.4 Å². The van der Waals surface area contributed by atoms with Gasteiger partial charge in [0.2, 0.25) is 0 Å². The van der Waals surface area contributed by atoms with Crippen LogP contribution in [-0.4, -0.2) is 0 Å². The second-order valence-corrected chi connectivity index (χ2v) is 4.70. The molecule has 0 spiro atoms. The van der Waals surface area contributed by atoms with Gasteiger partial charge in [-0.1, -0.05) is 29.3 Å². The second-order valence-electron chi connectivity index (χ2n) is 3.91. The number of hydrogen-bond acceptors (Lipinski definition) is 2. The maximum absolute atomic E-state index is 13.3. The monoisotopic (exact) mass is 294 g/mol. The molecule has 0 aliphatic carbocycles. The maximum Gasteiger partial charge on any atom is 0.124 e. The summed E-state index contributed by atoms with van der Waals surface area (Å²) in [5.41, 5.74) is 1.61. The van der Waals surface area contributed by atoms with E-state index in [1.807, 2.05) is 6.07 Å². The Bertz CT molecular complexity index is 650. The van der Waals surface area contributed by atoms with Crippen molar-refractivity contribution in [3.63, 3.8) is 0 Å². The van der Waals surface area contributed by atoms with E-state index >= 15 is 0 Å². The van der Waals surface area contributed by atoms with Crippen LogP contribution in [0.5, 0.6) is 0 Å². The van der Waals surface area contributed by atoms with Gasteiger partial charge in [0.1, 0.15) is 5.82 Å². The first-order valence-corrected chi connectivity index (χ1v) is 6.23. The fourth-order valence-electron chi connectivity index (χ4n) is 1.65. The molecule has 0 saturated carbocycles. The average molecular weight is 295 g/mol. The van der Waals surface area contributed by atoms with Gasteiger partial charge in [-0.15, -0.1) is 0 Å². The van der Waals surface area contributed by atoms with Gasteiger partial charge in [-0.05, 0) is 35.9 Å². The molecule has 96 valence electrons. The second kappa shape index (κ2) is 5.92. The molecule has 0 saturated heterocycles. The van der Waals surface area contributed by atoms with E-state index in [0.717, 1.165) is 0 Å². The maximum atomic E-state index is 13.3. The van der Waals surface area contributed by atoms with E-state index in [9.17, 15) is 4.39 Å². The summed E-state index contributed by atoms with van der Waals surface area (Å²) < 4.78 is 13.3. The lowest BCUT2D eigenvalue weighted by Crippen LogP contribution is -2.01. The molecule has 0 amide bonds. The summed E-state index contributed by atoms with van der Waals surface area (Å²) in [6, 6.07) is 11.3. The summed E-state index contributed by atoms with van der Waals surface area (Å²) in [6.45, 7) is 0.354. The Hall–Kier alpha value is -1.76. The lowest BCUT2D eigenvalue weighted by atomic mass is 10.1. The first-order chi connectivity index (χ1) is 9.10. The van der Waals surface area contributed by atoms with E-state index in [1.54, 1.807) is 24.3 Å². The molecule has 2 nitrogen and oxygen atoms in total. The standard InChI is InChI=1S/C14H9Cl2FN2/c15-12-2-1-3-13(14(12)16)19-8-10-4-9(7-18)5-11(17)6-10/h1-6,19H,8H2. The zero-order valence-electron chi connectivity index (χ0n) is 9.75. The molecule has 0 atom stereocenters. The quantitative estimate of drug-likeness (QED) is 0.897. The molecule has 0 aliphatic heterocycles. The zero-order valence-corrected chi connectivity index (χ0v) is 11.3. The third-order valence-electron chi connectivity index (χ3n) is 2.52. The van der Waals surface area contributed by atoms with E-state index in [-0.39, 0.29) is 5.56 Å². The van der Waals surface area contributed by atoms with Crippen LogP contribution in [0.3, 0.4) is 0 Å². The lowest BCUT2D eigenvalue weighted by Gasteiger charge is -2.09. The molecule has 2 aromatic rings. The number of hydrogen-bond donors (Lipinski definition) is 1. The van der Waals surface area contributed by atoms with Crippen LogP contribution in [0.1, 0.15) is 11.1 Å². The fourth-order valence-corrected chi connectivity index (χ4v) is 2.02. The molecule has 5 heteroatoms. The highest BCUT2D eigenvalue weighted by molar-refractivity contribution is 6.43. The minimum absolute atomic E-state index is 0.286. The first kappa shape index (κ1) is 13.7. The van der Waals surface area contributed by atoms with Crippen molar-refractivity contribution in [1.82, 2.24) is 0 Å². The highest BCUT2D eigenvalue weighted by Gasteiger charge is 2.05. The van der Waals surface area contributed by atoms with E-state index in [2.05, 4.69) is 5.32 Å². The molecule has 0 radical (unpaired) electrons. The van der Waals surface area contributed by atoms with Crippen LogP contribution >= 0.6 is 23.2 Å². The van der Waals surface area contributed by atoms with Gasteiger partial charge in [-0.25, -0.2) is 4.39 Å². The van der Waals surface area contributed by atoms with Gasteiger partial charge in [-0.3, -0.25) is 0 Å². The number of nitrogens with zero attached hydrogens (tertiary/aromatic N) is 1. The lowest BCUT2D eigenvalue weighted by molar-refractivity contribution is 0.625. The minimum atomic E-state index is -0.437. The highest BCUT2D eigenvalue weighted by Crippen LogP contribution is 2.29. The van der Waals surface area contributed by atoms with Crippen molar-refractivity contribution in [3.8, 4) is 6.07 Å². The fraction of sp³-hybridized carbons (Fsp3) is 0.0714. The van der Waals surface area contributed by atoms with E-state index in [4.69, 9.17) is 28.5 Å². The summed E-state index contributed by atoms with van der Waals surface area (Å²) in [7, 11) is 0. The van der Waals surface area contributed by atoms with Crippen LogP contribution in [0.15, 0.2) is 36.4 Å². The SMILES string of the molecule is N#Cc1cc(F)cc(CNc2cccc(Cl)c2Cl)c1. The van der Waals surface area contributed by atoms with E-state index in [1.165, 1.54) is 12.1 Å². The summed E-state index contributed by atoms with van der Waals surface area (Å²) in [6.07, 6.45) is 0. The van der Waals surface area contributed by atoms with Crippen molar-refractivity contribution in [2.45, 2.75) is 6.54 Å². The van der Waals surface area contributed by atoms with Gasteiger partial charge in [0, 0.05) is 6.54 Å². The van der Waals surface area contributed by atoms with Crippen LogP contribution in [0, 0.1) is 17.1 Å². The third-order valence-corrected chi connectivity index (χ3v) is 3.34. The van der Waals surface area contributed by atoms with E-state index < -0.39 is 5.82 Å². The summed E-state index contributed by atoms with van der Waals surface area (Å²) in [5.74, 6) is -0.437. The van der Waals surface area contributed by atoms with Gasteiger partial charge >= 0.3 is 0 Å². The molecule has 0 aromatic heterocycles. The highest BCUT2D eigenvalue weighted by atomic mass is 35.5. The van der Waals surface area contributed by atoms with Crippen molar-refractivity contribution < 1.29 is 4.39 Å². The number of rotatable bonds is 3. The van der Waals surface area contributed by atoms with Crippen molar-refractivity contribution in [2.24, 2.45) is 0 Å². The average Bonchev–Trinajstić information content (AvgIpc) is 2.40. The molecule has 0 fully saturated rings. The Morgan fingerprint density at radius 3 is 2.74 bits per heavy atom. The molecule has 0 unspecified atom stereocenters. The zero-order chi connectivity index (χ0) is 13.8. The normalized spacial score (nSPS) is 10.0. The van der Waals surface area contributed by atoms with Crippen molar-refractivity contribution in [1.29, 1.82) is 5.26 Å². The Labute approximate surface area is 120 Å². The molecule has 0 aliphatic rings. The van der Waals surface area contributed by atoms with Crippen LogP contribution in [-0.2, 0) is 6.54 Å². The van der Waals surface area contributed by atoms with E-state index in [0.29, 0.717) is 27.8 Å². The summed E-state index contributed by atoms with van der Waals surface area (Å²) in [4.78, 5) is 0. The number of nitrogens with one attached hydrogen (secondary N) is 1. The van der Waals surface area contributed by atoms with Crippen LogP contribution in [0.2, 0.25) is 10.0 Å². The van der Waals surface area contributed by atoms with Gasteiger partial charge in [-0.2, -0.15) is 5.26 Å². The molecule has 0 bridgehead atoms. The number of halogens is 3.